The van der Waals surface area contributed by atoms with Crippen LogP contribution in [0.15, 0.2) is 60.2 Å². The minimum Gasteiger partial charge on any atom is -0.493 e. The Morgan fingerprint density at radius 2 is 1.70 bits per heavy atom. The lowest BCUT2D eigenvalue weighted by Gasteiger charge is -2.10. The maximum absolute atomic E-state index is 12.2. The molecule has 3 rings (SSSR count). The summed E-state index contributed by atoms with van der Waals surface area (Å²) in [5.74, 6) is 1.17. The van der Waals surface area contributed by atoms with Gasteiger partial charge in [0, 0.05) is 16.8 Å². The maximum Gasteiger partial charge on any atom is 0.255 e. The molecule has 0 atom stereocenters. The van der Waals surface area contributed by atoms with Crippen LogP contribution >= 0.6 is 0 Å². The number of ether oxygens (including phenoxy) is 2. The smallest absolute Gasteiger partial charge is 0.255 e. The van der Waals surface area contributed by atoms with Gasteiger partial charge in [-0.25, -0.2) is 0 Å². The molecule has 1 heterocycles. The van der Waals surface area contributed by atoms with E-state index >= 15 is 0 Å². The summed E-state index contributed by atoms with van der Waals surface area (Å²) >= 11 is 0. The van der Waals surface area contributed by atoms with Crippen molar-refractivity contribution >= 4 is 17.7 Å². The van der Waals surface area contributed by atoms with E-state index in [-0.39, 0.29) is 5.91 Å². The van der Waals surface area contributed by atoms with Crippen molar-refractivity contribution in [3.05, 3.63) is 71.3 Å². The molecule has 0 aliphatic carbocycles. The first-order chi connectivity index (χ1) is 11.2. The number of benzene rings is 2. The van der Waals surface area contributed by atoms with E-state index in [0.717, 1.165) is 16.8 Å². The van der Waals surface area contributed by atoms with E-state index in [1.54, 1.807) is 14.2 Å². The van der Waals surface area contributed by atoms with Crippen molar-refractivity contribution in [2.45, 2.75) is 0 Å². The van der Waals surface area contributed by atoms with Crippen molar-refractivity contribution in [1.29, 1.82) is 0 Å². The van der Waals surface area contributed by atoms with Gasteiger partial charge in [0.25, 0.3) is 5.91 Å². The Labute approximate surface area is 135 Å². The van der Waals surface area contributed by atoms with Crippen LogP contribution in [0.1, 0.15) is 11.1 Å². The number of hydrogen-bond acceptors (Lipinski definition) is 3. The second kappa shape index (κ2) is 6.40. The molecule has 0 bridgehead atoms. The molecule has 1 amide bonds. The third-order valence-electron chi connectivity index (χ3n) is 3.63. The number of carbonyl (C=O) groups is 1. The molecule has 23 heavy (non-hydrogen) atoms. The summed E-state index contributed by atoms with van der Waals surface area (Å²) in [4.78, 5) is 12.2. The summed E-state index contributed by atoms with van der Waals surface area (Å²) in [7, 11) is 3.18. The largest absolute Gasteiger partial charge is 0.493 e. The molecular formula is C19H17NO3. The molecule has 116 valence electrons. The van der Waals surface area contributed by atoms with Gasteiger partial charge in [-0.3, -0.25) is 4.79 Å². The molecule has 4 heteroatoms. The molecule has 0 fully saturated rings. The highest BCUT2D eigenvalue weighted by atomic mass is 16.5. The maximum atomic E-state index is 12.2. The summed E-state index contributed by atoms with van der Waals surface area (Å²) in [6.45, 7) is 0. The Bertz CT molecular complexity index is 792. The highest BCUT2D eigenvalue weighted by molar-refractivity contribution is 6.10. The minimum atomic E-state index is -0.112. The molecule has 0 saturated heterocycles. The van der Waals surface area contributed by atoms with Gasteiger partial charge in [0.1, 0.15) is 0 Å². The normalized spacial score (nSPS) is 15.3. The summed E-state index contributed by atoms with van der Waals surface area (Å²) < 4.78 is 10.5. The average Bonchev–Trinajstić information content (AvgIpc) is 2.96. The molecule has 1 aliphatic heterocycles. The predicted molar refractivity (Wildman–Crippen MR) is 90.1 cm³/mol. The zero-order chi connectivity index (χ0) is 16.2. The first kappa shape index (κ1) is 14.9. The minimum absolute atomic E-state index is 0.112. The fraction of sp³-hybridized carbons (Fsp3) is 0.105. The van der Waals surface area contributed by atoms with E-state index in [4.69, 9.17) is 9.47 Å². The van der Waals surface area contributed by atoms with Crippen LogP contribution in [0.3, 0.4) is 0 Å². The van der Waals surface area contributed by atoms with E-state index in [2.05, 4.69) is 5.32 Å². The average molecular weight is 307 g/mol. The lowest BCUT2D eigenvalue weighted by Crippen LogP contribution is -2.15. The van der Waals surface area contributed by atoms with Gasteiger partial charge in [0.05, 0.1) is 14.2 Å². The van der Waals surface area contributed by atoms with Gasteiger partial charge in [-0.05, 0) is 35.9 Å². The Morgan fingerprint density at radius 1 is 0.957 bits per heavy atom. The molecule has 2 aromatic rings. The fourth-order valence-corrected chi connectivity index (χ4v) is 2.45. The number of amides is 1. The SMILES string of the molecule is COc1ccc(C2=C/C(=C/c3ccccc3)C(=O)N2)cc1OC. The van der Waals surface area contributed by atoms with Crippen LogP contribution in [0, 0.1) is 0 Å². The van der Waals surface area contributed by atoms with Crippen LogP contribution in [0.5, 0.6) is 11.5 Å². The first-order valence-electron chi connectivity index (χ1n) is 7.23. The highest BCUT2D eigenvalue weighted by Gasteiger charge is 2.20. The molecule has 0 saturated carbocycles. The zero-order valence-electron chi connectivity index (χ0n) is 13.0. The summed E-state index contributed by atoms with van der Waals surface area (Å²) in [5, 5.41) is 2.89. The Balaban J connectivity index is 1.94. The molecule has 0 aromatic heterocycles. The summed E-state index contributed by atoms with van der Waals surface area (Å²) in [5.41, 5.74) is 3.23. The third-order valence-corrected chi connectivity index (χ3v) is 3.63. The number of nitrogens with one attached hydrogen (secondary N) is 1. The molecule has 1 aliphatic rings. The van der Waals surface area contributed by atoms with Gasteiger partial charge in [0.2, 0.25) is 0 Å². The van der Waals surface area contributed by atoms with Crippen molar-refractivity contribution < 1.29 is 14.3 Å². The second-order valence-electron chi connectivity index (χ2n) is 5.09. The van der Waals surface area contributed by atoms with Gasteiger partial charge >= 0.3 is 0 Å². The van der Waals surface area contributed by atoms with Crippen LogP contribution in [0.2, 0.25) is 0 Å². The van der Waals surface area contributed by atoms with Gasteiger partial charge in [-0.15, -0.1) is 0 Å². The Kier molecular flexibility index (Phi) is 4.15. The van der Waals surface area contributed by atoms with E-state index in [1.807, 2.05) is 60.7 Å². The molecular weight excluding hydrogens is 290 g/mol. The van der Waals surface area contributed by atoms with Gasteiger partial charge in [-0.2, -0.15) is 0 Å². The summed E-state index contributed by atoms with van der Waals surface area (Å²) in [6.07, 6.45) is 3.71. The number of methoxy groups -OCH3 is 2. The van der Waals surface area contributed by atoms with Crippen LogP contribution in [-0.2, 0) is 4.79 Å². The van der Waals surface area contributed by atoms with Gasteiger partial charge in [0.15, 0.2) is 11.5 Å². The quantitative estimate of drug-likeness (QED) is 0.882. The van der Waals surface area contributed by atoms with Gasteiger partial charge < -0.3 is 14.8 Å². The molecule has 1 N–H and O–H groups in total. The van der Waals surface area contributed by atoms with Crippen LogP contribution in [0.25, 0.3) is 11.8 Å². The zero-order valence-corrected chi connectivity index (χ0v) is 13.0. The number of hydrogen-bond donors (Lipinski definition) is 1. The van der Waals surface area contributed by atoms with Crippen molar-refractivity contribution in [1.82, 2.24) is 5.32 Å². The Morgan fingerprint density at radius 3 is 2.39 bits per heavy atom. The third kappa shape index (κ3) is 3.11. The number of rotatable bonds is 4. The van der Waals surface area contributed by atoms with Crippen molar-refractivity contribution in [3.63, 3.8) is 0 Å². The van der Waals surface area contributed by atoms with E-state index in [0.29, 0.717) is 17.1 Å². The fourth-order valence-electron chi connectivity index (χ4n) is 2.45. The van der Waals surface area contributed by atoms with Gasteiger partial charge in [-0.1, -0.05) is 30.3 Å². The summed E-state index contributed by atoms with van der Waals surface area (Å²) in [6, 6.07) is 15.3. The van der Waals surface area contributed by atoms with E-state index in [9.17, 15) is 4.79 Å². The first-order valence-corrected chi connectivity index (χ1v) is 7.23. The lowest BCUT2D eigenvalue weighted by molar-refractivity contribution is -0.115. The predicted octanol–water partition coefficient (Wildman–Crippen LogP) is 3.26. The molecule has 0 radical (unpaired) electrons. The second-order valence-corrected chi connectivity index (χ2v) is 5.09. The standard InChI is InChI=1S/C19H17NO3/c1-22-17-9-8-14(12-18(17)23-2)16-11-15(19(21)20-16)10-13-6-4-3-5-7-13/h3-12H,1-2H3,(H,20,21)/b15-10-. The topological polar surface area (TPSA) is 47.6 Å². The van der Waals surface area contributed by atoms with E-state index in [1.165, 1.54) is 0 Å². The highest BCUT2D eigenvalue weighted by Crippen LogP contribution is 2.31. The van der Waals surface area contributed by atoms with Crippen LogP contribution in [0.4, 0.5) is 0 Å². The molecule has 0 spiro atoms. The van der Waals surface area contributed by atoms with Crippen LogP contribution in [-0.4, -0.2) is 20.1 Å². The number of carbonyl (C=O) groups excluding carboxylic acids is 1. The van der Waals surface area contributed by atoms with Crippen molar-refractivity contribution in [2.75, 3.05) is 14.2 Å². The van der Waals surface area contributed by atoms with Crippen molar-refractivity contribution in [3.8, 4) is 11.5 Å². The lowest BCUT2D eigenvalue weighted by atomic mass is 10.1. The molecule has 4 nitrogen and oxygen atoms in total. The monoisotopic (exact) mass is 307 g/mol. The Hall–Kier alpha value is -3.01. The van der Waals surface area contributed by atoms with E-state index < -0.39 is 0 Å². The van der Waals surface area contributed by atoms with Crippen molar-refractivity contribution in [2.24, 2.45) is 0 Å². The molecule has 0 unspecified atom stereocenters. The molecule has 2 aromatic carbocycles. The van der Waals surface area contributed by atoms with Crippen LogP contribution < -0.4 is 14.8 Å².